The van der Waals surface area contributed by atoms with Gasteiger partial charge in [0.2, 0.25) is 0 Å². The maximum absolute atomic E-state index is 5.85. The van der Waals surface area contributed by atoms with Gasteiger partial charge in [0.1, 0.15) is 11.5 Å². The molecule has 1 aromatic heterocycles. The predicted molar refractivity (Wildman–Crippen MR) is 72.7 cm³/mol. The van der Waals surface area contributed by atoms with E-state index in [4.69, 9.17) is 14.9 Å². The van der Waals surface area contributed by atoms with Crippen molar-refractivity contribution in [2.24, 2.45) is 0 Å². The number of furan rings is 1. The van der Waals surface area contributed by atoms with E-state index in [0.717, 1.165) is 23.6 Å². The number of hydrogen-bond acceptors (Lipinski definition) is 4. The number of rotatable bonds is 6. The summed E-state index contributed by atoms with van der Waals surface area (Å²) in [5.74, 6) is 1.61. The van der Waals surface area contributed by atoms with Crippen molar-refractivity contribution in [1.82, 2.24) is 0 Å². The summed E-state index contributed by atoms with van der Waals surface area (Å²) < 4.78 is 10.8. The maximum atomic E-state index is 5.85. The van der Waals surface area contributed by atoms with Crippen LogP contribution in [0.15, 0.2) is 41.0 Å². The van der Waals surface area contributed by atoms with Crippen LogP contribution in [0, 0.1) is 0 Å². The molecular formula is C14H18N2O2. The summed E-state index contributed by atoms with van der Waals surface area (Å²) in [5.41, 5.74) is 7.47. The van der Waals surface area contributed by atoms with Gasteiger partial charge < -0.3 is 20.2 Å². The maximum Gasteiger partial charge on any atom is 0.144 e. The molecule has 0 saturated heterocycles. The van der Waals surface area contributed by atoms with Gasteiger partial charge in [0, 0.05) is 11.8 Å². The van der Waals surface area contributed by atoms with Crippen molar-refractivity contribution in [1.29, 1.82) is 0 Å². The summed E-state index contributed by atoms with van der Waals surface area (Å²) in [5, 5.41) is 3.26. The molecule has 2 rings (SSSR count). The number of nitrogens with two attached hydrogens (primary N) is 1. The standard InChI is InChI=1S/C14H18N2O2/c1-2-7-18-14-9-11(5-6-13(14)15)16-10-12-4-3-8-17-12/h3-6,8-9,16H,2,7,10,15H2,1H3. The van der Waals surface area contributed by atoms with Crippen LogP contribution in [0.1, 0.15) is 19.1 Å². The summed E-state index contributed by atoms with van der Waals surface area (Å²) in [6.07, 6.45) is 2.62. The Bertz CT molecular complexity index is 481. The minimum absolute atomic E-state index is 0.643. The fourth-order valence-electron chi connectivity index (χ4n) is 1.58. The summed E-state index contributed by atoms with van der Waals surface area (Å²) in [4.78, 5) is 0. The molecule has 0 aliphatic rings. The third-order valence-electron chi connectivity index (χ3n) is 2.52. The molecule has 0 saturated carbocycles. The van der Waals surface area contributed by atoms with Crippen LogP contribution in [0.4, 0.5) is 11.4 Å². The highest BCUT2D eigenvalue weighted by Crippen LogP contribution is 2.26. The minimum atomic E-state index is 0.643. The van der Waals surface area contributed by atoms with Gasteiger partial charge in [0.15, 0.2) is 0 Å². The van der Waals surface area contributed by atoms with Gasteiger partial charge in [-0.3, -0.25) is 0 Å². The summed E-state index contributed by atoms with van der Waals surface area (Å²) >= 11 is 0. The molecule has 0 aliphatic heterocycles. The van der Waals surface area contributed by atoms with Crippen LogP contribution in [-0.2, 0) is 6.54 Å². The van der Waals surface area contributed by atoms with Crippen molar-refractivity contribution in [3.63, 3.8) is 0 Å². The van der Waals surface area contributed by atoms with Crippen molar-refractivity contribution in [3.05, 3.63) is 42.4 Å². The first-order valence-corrected chi connectivity index (χ1v) is 6.08. The molecule has 0 spiro atoms. The monoisotopic (exact) mass is 246 g/mol. The molecule has 3 N–H and O–H groups in total. The Labute approximate surface area is 107 Å². The number of anilines is 2. The Balaban J connectivity index is 2.00. The van der Waals surface area contributed by atoms with Crippen molar-refractivity contribution < 1.29 is 9.15 Å². The number of benzene rings is 1. The van der Waals surface area contributed by atoms with E-state index in [1.165, 1.54) is 0 Å². The number of hydrogen-bond donors (Lipinski definition) is 2. The van der Waals surface area contributed by atoms with Crippen LogP contribution in [0.25, 0.3) is 0 Å². The molecule has 0 aliphatic carbocycles. The van der Waals surface area contributed by atoms with Crippen molar-refractivity contribution >= 4 is 11.4 Å². The van der Waals surface area contributed by atoms with E-state index >= 15 is 0 Å². The lowest BCUT2D eigenvalue weighted by molar-refractivity contribution is 0.319. The molecule has 0 amide bonds. The predicted octanol–water partition coefficient (Wildman–Crippen LogP) is 3.26. The van der Waals surface area contributed by atoms with E-state index in [2.05, 4.69) is 12.2 Å². The fourth-order valence-corrected chi connectivity index (χ4v) is 1.58. The Morgan fingerprint density at radius 3 is 2.94 bits per heavy atom. The lowest BCUT2D eigenvalue weighted by atomic mass is 10.2. The van der Waals surface area contributed by atoms with E-state index < -0.39 is 0 Å². The molecule has 4 nitrogen and oxygen atoms in total. The number of ether oxygens (including phenoxy) is 1. The molecule has 0 fully saturated rings. The van der Waals surface area contributed by atoms with Gasteiger partial charge in [0.05, 0.1) is 25.1 Å². The van der Waals surface area contributed by atoms with Gasteiger partial charge in [0.25, 0.3) is 0 Å². The van der Waals surface area contributed by atoms with Crippen molar-refractivity contribution in [2.75, 3.05) is 17.7 Å². The summed E-state index contributed by atoms with van der Waals surface area (Å²) in [6, 6.07) is 9.48. The highest BCUT2D eigenvalue weighted by molar-refractivity contribution is 5.61. The fraction of sp³-hybridized carbons (Fsp3) is 0.286. The molecule has 18 heavy (non-hydrogen) atoms. The normalized spacial score (nSPS) is 10.3. The number of nitrogen functional groups attached to an aromatic ring is 1. The molecule has 0 atom stereocenters. The quantitative estimate of drug-likeness (QED) is 0.768. The largest absolute Gasteiger partial charge is 0.491 e. The van der Waals surface area contributed by atoms with Gasteiger partial charge >= 0.3 is 0 Å². The van der Waals surface area contributed by atoms with Crippen LogP contribution >= 0.6 is 0 Å². The molecule has 0 bridgehead atoms. The average Bonchev–Trinajstić information content (AvgIpc) is 2.89. The zero-order valence-electron chi connectivity index (χ0n) is 10.5. The second kappa shape index (κ2) is 6.00. The van der Waals surface area contributed by atoms with Crippen LogP contribution in [0.3, 0.4) is 0 Å². The molecule has 2 aromatic rings. The Morgan fingerprint density at radius 1 is 1.33 bits per heavy atom. The van der Waals surface area contributed by atoms with Gasteiger partial charge in [-0.1, -0.05) is 6.92 Å². The molecule has 96 valence electrons. The second-order valence-electron chi connectivity index (χ2n) is 4.03. The van der Waals surface area contributed by atoms with Gasteiger partial charge in [-0.15, -0.1) is 0 Å². The molecular weight excluding hydrogens is 228 g/mol. The Hall–Kier alpha value is -2.10. The highest BCUT2D eigenvalue weighted by atomic mass is 16.5. The summed E-state index contributed by atoms with van der Waals surface area (Å²) in [7, 11) is 0. The SMILES string of the molecule is CCCOc1cc(NCc2ccco2)ccc1N. The average molecular weight is 246 g/mol. The Kier molecular flexibility index (Phi) is 4.12. The first kappa shape index (κ1) is 12.4. The lowest BCUT2D eigenvalue weighted by Gasteiger charge is -2.11. The molecule has 1 aromatic carbocycles. The molecule has 0 radical (unpaired) electrons. The van der Waals surface area contributed by atoms with E-state index in [9.17, 15) is 0 Å². The zero-order chi connectivity index (χ0) is 12.8. The van der Waals surface area contributed by atoms with Crippen LogP contribution in [0.5, 0.6) is 5.75 Å². The van der Waals surface area contributed by atoms with Gasteiger partial charge in [-0.2, -0.15) is 0 Å². The third-order valence-corrected chi connectivity index (χ3v) is 2.52. The zero-order valence-corrected chi connectivity index (χ0v) is 10.5. The van der Waals surface area contributed by atoms with E-state index in [1.54, 1.807) is 6.26 Å². The molecule has 4 heteroatoms. The van der Waals surface area contributed by atoms with Crippen molar-refractivity contribution in [3.8, 4) is 5.75 Å². The van der Waals surface area contributed by atoms with Crippen LogP contribution < -0.4 is 15.8 Å². The van der Waals surface area contributed by atoms with E-state index in [0.29, 0.717) is 18.8 Å². The first-order valence-electron chi connectivity index (χ1n) is 6.08. The topological polar surface area (TPSA) is 60.4 Å². The highest BCUT2D eigenvalue weighted by Gasteiger charge is 2.02. The minimum Gasteiger partial charge on any atom is -0.491 e. The second-order valence-corrected chi connectivity index (χ2v) is 4.03. The van der Waals surface area contributed by atoms with Crippen LogP contribution in [-0.4, -0.2) is 6.61 Å². The van der Waals surface area contributed by atoms with Crippen molar-refractivity contribution in [2.45, 2.75) is 19.9 Å². The van der Waals surface area contributed by atoms with Gasteiger partial charge in [-0.05, 0) is 30.7 Å². The first-order chi connectivity index (χ1) is 8.79. The smallest absolute Gasteiger partial charge is 0.144 e. The van der Waals surface area contributed by atoms with Gasteiger partial charge in [-0.25, -0.2) is 0 Å². The number of nitrogens with one attached hydrogen (secondary N) is 1. The van der Waals surface area contributed by atoms with E-state index in [-0.39, 0.29) is 0 Å². The molecule has 0 unspecified atom stereocenters. The Morgan fingerprint density at radius 2 is 2.22 bits per heavy atom. The molecule has 1 heterocycles. The summed E-state index contributed by atoms with van der Waals surface area (Å²) in [6.45, 7) is 3.38. The van der Waals surface area contributed by atoms with Crippen LogP contribution in [0.2, 0.25) is 0 Å². The lowest BCUT2D eigenvalue weighted by Crippen LogP contribution is -2.02. The third kappa shape index (κ3) is 3.20. The van der Waals surface area contributed by atoms with E-state index in [1.807, 2.05) is 30.3 Å².